The molecule has 1 aromatic carbocycles. The molecule has 5 heteroatoms. The fraction of sp³-hybridized carbons (Fsp3) is 0.667. The van der Waals surface area contributed by atoms with Crippen molar-refractivity contribution in [3.63, 3.8) is 0 Å². The van der Waals surface area contributed by atoms with Crippen LogP contribution in [0.5, 0.6) is 0 Å². The Kier molecular flexibility index (Phi) is 4.95. The summed E-state index contributed by atoms with van der Waals surface area (Å²) >= 11 is 0. The fourth-order valence-electron chi connectivity index (χ4n) is 4.38. The van der Waals surface area contributed by atoms with Crippen molar-refractivity contribution >= 4 is 11.8 Å². The molecular formula is C21H33N3O2. The summed E-state index contributed by atoms with van der Waals surface area (Å²) in [6, 6.07) is 9.23. The van der Waals surface area contributed by atoms with E-state index in [1.54, 1.807) is 0 Å². The lowest BCUT2D eigenvalue weighted by molar-refractivity contribution is -0.126. The van der Waals surface area contributed by atoms with Crippen molar-refractivity contribution in [2.24, 2.45) is 5.41 Å². The second-order valence-electron chi connectivity index (χ2n) is 9.17. The zero-order chi connectivity index (χ0) is 19.1. The van der Waals surface area contributed by atoms with Gasteiger partial charge in [-0.25, -0.2) is 4.79 Å². The normalized spacial score (nSPS) is 23.2. The highest BCUT2D eigenvalue weighted by atomic mass is 16.6. The smallest absolute Gasteiger partial charge is 0.410 e. The van der Waals surface area contributed by atoms with Crippen molar-refractivity contribution in [1.29, 1.82) is 0 Å². The van der Waals surface area contributed by atoms with Gasteiger partial charge in [0.05, 0.1) is 0 Å². The van der Waals surface area contributed by atoms with Gasteiger partial charge in [0.15, 0.2) is 0 Å². The number of carbonyl (C=O) groups is 1. The molecule has 2 N–H and O–H groups in total. The zero-order valence-corrected chi connectivity index (χ0v) is 16.8. The molecule has 2 aliphatic rings. The molecule has 0 bridgehead atoms. The Bertz CT molecular complexity index is 640. The summed E-state index contributed by atoms with van der Waals surface area (Å²) < 4.78 is 5.54. The van der Waals surface area contributed by atoms with Crippen LogP contribution in [0.15, 0.2) is 24.3 Å². The number of carbonyl (C=O) groups excluding carboxylic acids is 1. The Morgan fingerprint density at radius 2 is 1.77 bits per heavy atom. The van der Waals surface area contributed by atoms with Crippen LogP contribution in [-0.4, -0.2) is 47.2 Å². The van der Waals surface area contributed by atoms with Gasteiger partial charge in [-0.2, -0.15) is 0 Å². The van der Waals surface area contributed by atoms with E-state index in [1.807, 2.05) is 37.8 Å². The Balaban J connectivity index is 1.72. The van der Waals surface area contributed by atoms with Gasteiger partial charge in [0.1, 0.15) is 5.60 Å². The highest BCUT2D eigenvalue weighted by Crippen LogP contribution is 2.55. The van der Waals surface area contributed by atoms with E-state index < -0.39 is 5.60 Å². The second kappa shape index (κ2) is 6.76. The first-order chi connectivity index (χ1) is 12.1. The van der Waals surface area contributed by atoms with E-state index in [0.717, 1.165) is 38.2 Å². The molecule has 5 nitrogen and oxygen atoms in total. The third kappa shape index (κ3) is 3.68. The number of rotatable bonds is 2. The minimum atomic E-state index is -0.441. The Morgan fingerprint density at radius 3 is 2.27 bits per heavy atom. The number of nitrogen functional groups attached to an aromatic ring is 1. The quantitative estimate of drug-likeness (QED) is 0.809. The number of piperidine rings is 1. The maximum Gasteiger partial charge on any atom is 0.410 e. The number of ether oxygens (including phenoxy) is 1. The lowest BCUT2D eigenvalue weighted by Crippen LogP contribution is -2.64. The summed E-state index contributed by atoms with van der Waals surface area (Å²) in [5.41, 5.74) is 7.83. The third-order valence-corrected chi connectivity index (χ3v) is 5.74. The van der Waals surface area contributed by atoms with Crippen LogP contribution in [0, 0.1) is 5.41 Å². The summed E-state index contributed by atoms with van der Waals surface area (Å²) in [4.78, 5) is 16.8. The van der Waals surface area contributed by atoms with Crippen LogP contribution in [0.1, 0.15) is 59.1 Å². The number of anilines is 1. The lowest BCUT2D eigenvalue weighted by Gasteiger charge is -2.62. The molecule has 0 aliphatic carbocycles. The molecule has 3 rings (SSSR count). The van der Waals surface area contributed by atoms with E-state index in [9.17, 15) is 4.79 Å². The van der Waals surface area contributed by atoms with Crippen LogP contribution in [0.2, 0.25) is 0 Å². The number of amides is 1. The van der Waals surface area contributed by atoms with Crippen LogP contribution in [0.4, 0.5) is 10.5 Å². The molecule has 2 fully saturated rings. The molecule has 0 saturated carbocycles. The van der Waals surface area contributed by atoms with Crippen LogP contribution in [0.3, 0.4) is 0 Å². The summed E-state index contributed by atoms with van der Waals surface area (Å²) in [6.07, 6.45) is 1.85. The minimum Gasteiger partial charge on any atom is -0.444 e. The van der Waals surface area contributed by atoms with Crippen molar-refractivity contribution in [3.05, 3.63) is 29.8 Å². The molecule has 26 heavy (non-hydrogen) atoms. The van der Waals surface area contributed by atoms with Crippen LogP contribution < -0.4 is 5.73 Å². The molecule has 1 aromatic rings. The second-order valence-corrected chi connectivity index (χ2v) is 9.17. The SMILES string of the molecule is CC(C)N1CC2(CCN(C(=O)OC(C)(C)C)CC2)C1c1ccc(N)cc1. The fourth-order valence-corrected chi connectivity index (χ4v) is 4.38. The molecule has 0 aromatic heterocycles. The van der Waals surface area contributed by atoms with E-state index in [-0.39, 0.29) is 11.5 Å². The van der Waals surface area contributed by atoms with Gasteiger partial charge < -0.3 is 15.4 Å². The van der Waals surface area contributed by atoms with Crippen molar-refractivity contribution in [1.82, 2.24) is 9.80 Å². The molecule has 1 atom stereocenters. The maximum atomic E-state index is 12.4. The van der Waals surface area contributed by atoms with E-state index >= 15 is 0 Å². The molecule has 0 radical (unpaired) electrons. The average molecular weight is 360 g/mol. The van der Waals surface area contributed by atoms with Crippen molar-refractivity contribution in [3.8, 4) is 0 Å². The summed E-state index contributed by atoms with van der Waals surface area (Å²) in [5, 5.41) is 0. The van der Waals surface area contributed by atoms with Gasteiger partial charge >= 0.3 is 6.09 Å². The topological polar surface area (TPSA) is 58.8 Å². The molecule has 2 heterocycles. The summed E-state index contributed by atoms with van der Waals surface area (Å²) in [5.74, 6) is 0. The van der Waals surface area contributed by atoms with E-state index in [0.29, 0.717) is 12.1 Å². The summed E-state index contributed by atoms with van der Waals surface area (Å²) in [7, 11) is 0. The van der Waals surface area contributed by atoms with Gasteiger partial charge in [-0.05, 0) is 65.2 Å². The third-order valence-electron chi connectivity index (χ3n) is 5.74. The number of nitrogens with zero attached hydrogens (tertiary/aromatic N) is 2. The first-order valence-electron chi connectivity index (χ1n) is 9.70. The molecule has 1 spiro atoms. The maximum absolute atomic E-state index is 12.4. The molecule has 2 aliphatic heterocycles. The van der Waals surface area contributed by atoms with Gasteiger partial charge in [-0.1, -0.05) is 12.1 Å². The Morgan fingerprint density at radius 1 is 1.19 bits per heavy atom. The lowest BCUT2D eigenvalue weighted by atomic mass is 9.62. The monoisotopic (exact) mass is 359 g/mol. The van der Waals surface area contributed by atoms with Crippen molar-refractivity contribution < 1.29 is 9.53 Å². The van der Waals surface area contributed by atoms with Crippen molar-refractivity contribution in [2.75, 3.05) is 25.4 Å². The number of hydrogen-bond acceptors (Lipinski definition) is 4. The minimum absolute atomic E-state index is 0.184. The largest absolute Gasteiger partial charge is 0.444 e. The van der Waals surface area contributed by atoms with Gasteiger partial charge in [0, 0.05) is 42.8 Å². The predicted octanol–water partition coefficient (Wildman–Crippen LogP) is 4.05. The number of benzene rings is 1. The average Bonchev–Trinajstić information content (AvgIpc) is 2.53. The number of hydrogen-bond donors (Lipinski definition) is 1. The van der Waals surface area contributed by atoms with Gasteiger partial charge in [-0.3, -0.25) is 4.90 Å². The Labute approximate surface area is 157 Å². The summed E-state index contributed by atoms with van der Waals surface area (Å²) in [6.45, 7) is 12.9. The molecular weight excluding hydrogens is 326 g/mol. The molecule has 1 amide bonds. The predicted molar refractivity (Wildman–Crippen MR) is 105 cm³/mol. The van der Waals surface area contributed by atoms with Gasteiger partial charge in [-0.15, -0.1) is 0 Å². The van der Waals surface area contributed by atoms with Crippen molar-refractivity contribution in [2.45, 2.75) is 65.1 Å². The molecule has 2 saturated heterocycles. The van der Waals surface area contributed by atoms with E-state index in [2.05, 4.69) is 30.9 Å². The van der Waals surface area contributed by atoms with Gasteiger partial charge in [0.2, 0.25) is 0 Å². The Hall–Kier alpha value is -1.75. The first kappa shape index (κ1) is 19.0. The highest BCUT2D eigenvalue weighted by Gasteiger charge is 2.55. The highest BCUT2D eigenvalue weighted by molar-refractivity contribution is 5.68. The van der Waals surface area contributed by atoms with Crippen LogP contribution in [0.25, 0.3) is 0 Å². The van der Waals surface area contributed by atoms with Crippen LogP contribution >= 0.6 is 0 Å². The van der Waals surface area contributed by atoms with Gasteiger partial charge in [0.25, 0.3) is 0 Å². The van der Waals surface area contributed by atoms with E-state index in [1.165, 1.54) is 5.56 Å². The van der Waals surface area contributed by atoms with E-state index in [4.69, 9.17) is 10.5 Å². The van der Waals surface area contributed by atoms with Crippen LogP contribution in [-0.2, 0) is 4.74 Å². The number of nitrogens with two attached hydrogens (primary N) is 1. The molecule has 1 unspecified atom stereocenters. The number of likely N-dealkylation sites (tertiary alicyclic amines) is 2. The molecule has 144 valence electrons. The zero-order valence-electron chi connectivity index (χ0n) is 16.8. The standard InChI is InChI=1S/C21H33N3O2/c1-15(2)24-14-21(18(24)16-6-8-17(22)9-7-16)10-12-23(13-11-21)19(25)26-20(3,4)5/h6-9,15,18H,10-14,22H2,1-5H3. The first-order valence-corrected chi connectivity index (χ1v) is 9.70.